The third kappa shape index (κ3) is 3.67. The molecule has 2 rings (SSSR count). The summed E-state index contributed by atoms with van der Waals surface area (Å²) in [6, 6.07) is 2.27. The fourth-order valence-electron chi connectivity index (χ4n) is 2.99. The zero-order chi connectivity index (χ0) is 16.3. The molecule has 0 saturated heterocycles. The Morgan fingerprint density at radius 2 is 2.18 bits per heavy atom. The number of carbonyl (C=O) groups excluding carboxylic acids is 1. The van der Waals surface area contributed by atoms with E-state index < -0.39 is 5.97 Å². The SMILES string of the molecule is CCC1c2ccsc2CCN1C(=O)CN(CC(=O)O)C(C)C. The van der Waals surface area contributed by atoms with Crippen molar-refractivity contribution in [2.45, 2.75) is 45.7 Å². The van der Waals surface area contributed by atoms with Crippen molar-refractivity contribution >= 4 is 23.2 Å². The van der Waals surface area contributed by atoms with E-state index in [2.05, 4.69) is 18.4 Å². The highest BCUT2D eigenvalue weighted by Gasteiger charge is 2.31. The molecule has 1 N–H and O–H groups in total. The van der Waals surface area contributed by atoms with Crippen molar-refractivity contribution in [2.75, 3.05) is 19.6 Å². The van der Waals surface area contributed by atoms with Gasteiger partial charge in [0.1, 0.15) is 0 Å². The highest BCUT2D eigenvalue weighted by atomic mass is 32.1. The lowest BCUT2D eigenvalue weighted by Gasteiger charge is -2.37. The summed E-state index contributed by atoms with van der Waals surface area (Å²) in [5.41, 5.74) is 1.27. The maximum absolute atomic E-state index is 12.7. The molecular weight excluding hydrogens is 300 g/mol. The van der Waals surface area contributed by atoms with Crippen molar-refractivity contribution in [2.24, 2.45) is 0 Å². The van der Waals surface area contributed by atoms with E-state index in [9.17, 15) is 9.59 Å². The fourth-order valence-corrected chi connectivity index (χ4v) is 3.92. The monoisotopic (exact) mass is 324 g/mol. The smallest absolute Gasteiger partial charge is 0.317 e. The van der Waals surface area contributed by atoms with Crippen molar-refractivity contribution in [1.29, 1.82) is 0 Å². The summed E-state index contributed by atoms with van der Waals surface area (Å²) in [5, 5.41) is 11.1. The second-order valence-electron chi connectivity index (χ2n) is 5.95. The molecule has 0 bridgehead atoms. The molecule has 122 valence electrons. The zero-order valence-corrected chi connectivity index (χ0v) is 14.2. The number of hydrogen-bond acceptors (Lipinski definition) is 4. The predicted molar refractivity (Wildman–Crippen MR) is 87.1 cm³/mol. The van der Waals surface area contributed by atoms with E-state index in [4.69, 9.17) is 5.11 Å². The van der Waals surface area contributed by atoms with Crippen LogP contribution in [-0.2, 0) is 16.0 Å². The number of fused-ring (bicyclic) bond motifs is 1. The number of nitrogens with zero attached hydrogens (tertiary/aromatic N) is 2. The molecule has 5 nitrogen and oxygen atoms in total. The van der Waals surface area contributed by atoms with Gasteiger partial charge in [0.05, 0.1) is 19.1 Å². The van der Waals surface area contributed by atoms with Crippen LogP contribution in [0.15, 0.2) is 11.4 Å². The van der Waals surface area contributed by atoms with Crippen molar-refractivity contribution in [3.63, 3.8) is 0 Å². The molecule has 1 aliphatic heterocycles. The summed E-state index contributed by atoms with van der Waals surface area (Å²) < 4.78 is 0. The van der Waals surface area contributed by atoms with Crippen LogP contribution < -0.4 is 0 Å². The third-order valence-electron chi connectivity index (χ3n) is 4.21. The maximum Gasteiger partial charge on any atom is 0.317 e. The molecule has 22 heavy (non-hydrogen) atoms. The molecule has 1 aliphatic rings. The molecule has 0 spiro atoms. The standard InChI is InChI=1S/C16H24N2O3S/c1-4-13-12-6-8-22-14(12)5-7-18(13)15(19)9-17(11(2)3)10-16(20)21/h6,8,11,13H,4-5,7,9-10H2,1-3H3,(H,20,21). The van der Waals surface area contributed by atoms with Crippen molar-refractivity contribution in [3.05, 3.63) is 21.9 Å². The van der Waals surface area contributed by atoms with Crippen molar-refractivity contribution in [1.82, 2.24) is 9.80 Å². The molecule has 0 aliphatic carbocycles. The summed E-state index contributed by atoms with van der Waals surface area (Å²) in [4.78, 5) is 28.7. The molecule has 1 atom stereocenters. The minimum absolute atomic E-state index is 0.0265. The zero-order valence-electron chi connectivity index (χ0n) is 13.4. The Morgan fingerprint density at radius 1 is 1.45 bits per heavy atom. The molecule has 6 heteroatoms. The normalized spacial score (nSPS) is 17.9. The van der Waals surface area contributed by atoms with Crippen molar-refractivity contribution in [3.8, 4) is 0 Å². The third-order valence-corrected chi connectivity index (χ3v) is 5.21. The van der Waals surface area contributed by atoms with Gasteiger partial charge in [0.15, 0.2) is 0 Å². The van der Waals surface area contributed by atoms with E-state index in [-0.39, 0.29) is 31.1 Å². The van der Waals surface area contributed by atoms with E-state index in [1.807, 2.05) is 18.7 Å². The minimum Gasteiger partial charge on any atom is -0.480 e. The van der Waals surface area contributed by atoms with Gasteiger partial charge in [-0.3, -0.25) is 14.5 Å². The van der Waals surface area contributed by atoms with Gasteiger partial charge in [-0.15, -0.1) is 11.3 Å². The Balaban J connectivity index is 2.10. The second-order valence-corrected chi connectivity index (χ2v) is 6.95. The number of carboxylic acid groups (broad SMARTS) is 1. The number of rotatable bonds is 6. The van der Waals surface area contributed by atoms with Crippen LogP contribution in [0.4, 0.5) is 0 Å². The summed E-state index contributed by atoms with van der Waals surface area (Å²) in [6.45, 7) is 6.72. The van der Waals surface area contributed by atoms with Gasteiger partial charge < -0.3 is 10.0 Å². The van der Waals surface area contributed by atoms with Crippen molar-refractivity contribution < 1.29 is 14.7 Å². The average Bonchev–Trinajstić information content (AvgIpc) is 2.93. The van der Waals surface area contributed by atoms with Crippen LogP contribution in [0.1, 0.15) is 43.7 Å². The van der Waals surface area contributed by atoms with Gasteiger partial charge in [-0.2, -0.15) is 0 Å². The van der Waals surface area contributed by atoms with Gasteiger partial charge in [-0.1, -0.05) is 6.92 Å². The number of amides is 1. The molecule has 2 heterocycles. The Hall–Kier alpha value is -1.40. The molecule has 0 saturated carbocycles. The van der Waals surface area contributed by atoms with Crippen LogP contribution >= 0.6 is 11.3 Å². The topological polar surface area (TPSA) is 60.9 Å². The second kappa shape index (κ2) is 7.24. The van der Waals surface area contributed by atoms with Gasteiger partial charge in [0.25, 0.3) is 0 Å². The highest BCUT2D eigenvalue weighted by molar-refractivity contribution is 7.10. The fraction of sp³-hybridized carbons (Fsp3) is 0.625. The maximum atomic E-state index is 12.7. The first-order valence-electron chi connectivity index (χ1n) is 7.75. The first-order chi connectivity index (χ1) is 10.4. The Bertz CT molecular complexity index is 541. The molecular formula is C16H24N2O3S. The first kappa shape index (κ1) is 17.0. The largest absolute Gasteiger partial charge is 0.480 e. The summed E-state index contributed by atoms with van der Waals surface area (Å²) in [6.07, 6.45) is 1.78. The van der Waals surface area contributed by atoms with Crippen LogP contribution in [0.25, 0.3) is 0 Å². The Kier molecular flexibility index (Phi) is 5.58. The van der Waals surface area contributed by atoms with Crippen LogP contribution in [0.2, 0.25) is 0 Å². The Labute approximate surface area is 135 Å². The van der Waals surface area contributed by atoms with Gasteiger partial charge in [-0.25, -0.2) is 0 Å². The van der Waals surface area contributed by atoms with Crippen LogP contribution in [-0.4, -0.2) is 52.5 Å². The lowest BCUT2D eigenvalue weighted by Crippen LogP contribution is -2.47. The van der Waals surface area contributed by atoms with Gasteiger partial charge >= 0.3 is 5.97 Å². The van der Waals surface area contributed by atoms with E-state index in [1.165, 1.54) is 10.4 Å². The summed E-state index contributed by atoms with van der Waals surface area (Å²) in [7, 11) is 0. The number of hydrogen-bond donors (Lipinski definition) is 1. The number of thiophene rings is 1. The van der Waals surface area contributed by atoms with Gasteiger partial charge in [0.2, 0.25) is 5.91 Å². The van der Waals surface area contributed by atoms with E-state index in [0.717, 1.165) is 19.4 Å². The molecule has 0 aromatic carbocycles. The number of aliphatic carboxylic acids is 1. The minimum atomic E-state index is -0.896. The summed E-state index contributed by atoms with van der Waals surface area (Å²) in [5.74, 6) is -0.869. The molecule has 1 unspecified atom stereocenters. The molecule has 0 fully saturated rings. The predicted octanol–water partition coefficient (Wildman–Crippen LogP) is 2.38. The number of carboxylic acids is 1. The van der Waals surface area contributed by atoms with E-state index in [1.54, 1.807) is 16.2 Å². The molecule has 0 radical (unpaired) electrons. The van der Waals surface area contributed by atoms with Gasteiger partial charge in [0, 0.05) is 17.5 Å². The highest BCUT2D eigenvalue weighted by Crippen LogP contribution is 2.35. The lowest BCUT2D eigenvalue weighted by atomic mass is 9.97. The number of carbonyl (C=O) groups is 2. The summed E-state index contributed by atoms with van der Waals surface area (Å²) >= 11 is 1.76. The van der Waals surface area contributed by atoms with E-state index in [0.29, 0.717) is 0 Å². The molecule has 1 aromatic rings. The van der Waals surface area contributed by atoms with Crippen LogP contribution in [0, 0.1) is 0 Å². The van der Waals surface area contributed by atoms with Gasteiger partial charge in [-0.05, 0) is 43.7 Å². The van der Waals surface area contributed by atoms with Crippen LogP contribution in [0.3, 0.4) is 0 Å². The average molecular weight is 324 g/mol. The lowest BCUT2D eigenvalue weighted by molar-refractivity contribution is -0.141. The van der Waals surface area contributed by atoms with Crippen LogP contribution in [0.5, 0.6) is 0 Å². The van der Waals surface area contributed by atoms with E-state index >= 15 is 0 Å². The molecule has 1 amide bonds. The Morgan fingerprint density at radius 3 is 2.77 bits per heavy atom. The first-order valence-corrected chi connectivity index (χ1v) is 8.63. The quantitative estimate of drug-likeness (QED) is 0.873. The molecule has 1 aromatic heterocycles.